The normalized spacial score (nSPS) is 10.6. The lowest BCUT2D eigenvalue weighted by molar-refractivity contribution is 0.425. The van der Waals surface area contributed by atoms with Crippen molar-refractivity contribution in [2.45, 2.75) is 0 Å². The molecular weight excluding hydrogens is 176 g/mol. The van der Waals surface area contributed by atoms with Crippen molar-refractivity contribution in [3.05, 3.63) is 36.2 Å². The molecule has 0 amide bonds. The van der Waals surface area contributed by atoms with Crippen molar-refractivity contribution in [1.82, 2.24) is 4.98 Å². The van der Waals surface area contributed by atoms with Gasteiger partial charge in [-0.15, -0.1) is 0 Å². The highest BCUT2D eigenvalue weighted by Gasteiger charge is 2.09. The first kappa shape index (κ1) is 7.91. The molecule has 0 bridgehead atoms. The van der Waals surface area contributed by atoms with Gasteiger partial charge in [0.2, 0.25) is 0 Å². The number of pyridine rings is 1. The molecule has 1 aromatic heterocycles. The third kappa shape index (κ3) is 1.11. The molecule has 0 radical (unpaired) electrons. The fraction of sp³-hybridized carbons (Fsp3) is 0. The summed E-state index contributed by atoms with van der Waals surface area (Å²) < 4.78 is 25.7. The average molecular weight is 181 g/mol. The van der Waals surface area contributed by atoms with Crippen LogP contribution in [0.2, 0.25) is 0 Å². The fourth-order valence-electron chi connectivity index (χ4n) is 1.17. The van der Waals surface area contributed by atoms with Crippen molar-refractivity contribution in [2.75, 3.05) is 0 Å². The Balaban J connectivity index is 2.94. The second-order valence-electron chi connectivity index (χ2n) is 2.60. The number of aromatic nitrogens is 1. The first-order chi connectivity index (χ1) is 6.20. The van der Waals surface area contributed by atoms with Gasteiger partial charge in [-0.3, -0.25) is 0 Å². The van der Waals surface area contributed by atoms with Gasteiger partial charge in [0.15, 0.2) is 5.75 Å². The van der Waals surface area contributed by atoms with Gasteiger partial charge in [0.1, 0.15) is 5.82 Å². The first-order valence-electron chi connectivity index (χ1n) is 3.62. The number of hydrogen-bond donors (Lipinski definition) is 1. The molecule has 2 aromatic rings. The van der Waals surface area contributed by atoms with Crippen LogP contribution in [-0.4, -0.2) is 10.1 Å². The molecule has 0 aliphatic rings. The lowest BCUT2D eigenvalue weighted by Gasteiger charge is -2.01. The maximum atomic E-state index is 13.0. The molecule has 0 atom stereocenters. The maximum Gasteiger partial charge on any atom is 0.255 e. The number of benzene rings is 1. The Bertz CT molecular complexity index is 470. The Labute approximate surface area is 72.5 Å². The molecule has 2 rings (SSSR count). The van der Waals surface area contributed by atoms with Gasteiger partial charge in [0.25, 0.3) is 5.95 Å². The van der Waals surface area contributed by atoms with Gasteiger partial charge >= 0.3 is 0 Å². The Morgan fingerprint density at radius 2 is 1.92 bits per heavy atom. The Kier molecular flexibility index (Phi) is 1.62. The van der Waals surface area contributed by atoms with Crippen LogP contribution in [0.5, 0.6) is 5.75 Å². The maximum absolute atomic E-state index is 13.0. The monoisotopic (exact) mass is 181 g/mol. The second kappa shape index (κ2) is 2.65. The van der Waals surface area contributed by atoms with Crippen LogP contribution in [-0.2, 0) is 0 Å². The molecule has 0 fully saturated rings. The number of nitrogens with zero attached hydrogens (tertiary/aromatic N) is 1. The third-order valence-corrected chi connectivity index (χ3v) is 1.81. The lowest BCUT2D eigenvalue weighted by Crippen LogP contribution is -1.87. The van der Waals surface area contributed by atoms with Crippen LogP contribution < -0.4 is 0 Å². The van der Waals surface area contributed by atoms with Crippen LogP contribution in [0.25, 0.3) is 10.8 Å². The topological polar surface area (TPSA) is 33.1 Å². The molecule has 1 heterocycles. The van der Waals surface area contributed by atoms with E-state index in [-0.39, 0.29) is 10.8 Å². The van der Waals surface area contributed by atoms with E-state index in [2.05, 4.69) is 4.98 Å². The molecule has 0 saturated carbocycles. The van der Waals surface area contributed by atoms with Gasteiger partial charge in [-0.2, -0.15) is 4.39 Å². The minimum atomic E-state index is -0.988. The molecule has 4 heteroatoms. The zero-order valence-corrected chi connectivity index (χ0v) is 6.46. The molecule has 1 N–H and O–H groups in total. The van der Waals surface area contributed by atoms with Gasteiger partial charge in [-0.1, -0.05) is 12.1 Å². The van der Waals surface area contributed by atoms with Crippen molar-refractivity contribution in [2.24, 2.45) is 0 Å². The van der Waals surface area contributed by atoms with E-state index in [1.165, 1.54) is 18.2 Å². The van der Waals surface area contributed by atoms with Gasteiger partial charge in [-0.25, -0.2) is 9.37 Å². The highest BCUT2D eigenvalue weighted by molar-refractivity contribution is 5.87. The summed E-state index contributed by atoms with van der Waals surface area (Å²) in [5.74, 6) is -2.13. The molecule has 13 heavy (non-hydrogen) atoms. The van der Waals surface area contributed by atoms with Crippen molar-refractivity contribution in [3.63, 3.8) is 0 Å². The van der Waals surface area contributed by atoms with Gasteiger partial charge in [0, 0.05) is 17.0 Å². The third-order valence-electron chi connectivity index (χ3n) is 1.81. The smallest absolute Gasteiger partial charge is 0.255 e. The van der Waals surface area contributed by atoms with Crippen LogP contribution >= 0.6 is 0 Å². The summed E-state index contributed by atoms with van der Waals surface area (Å²) in [6.07, 6.45) is 1.06. The predicted molar refractivity (Wildman–Crippen MR) is 43.3 cm³/mol. The minimum Gasteiger partial charge on any atom is -0.503 e. The van der Waals surface area contributed by atoms with E-state index in [1.54, 1.807) is 0 Å². The van der Waals surface area contributed by atoms with E-state index in [4.69, 9.17) is 0 Å². The van der Waals surface area contributed by atoms with Gasteiger partial charge in [0.05, 0.1) is 0 Å². The molecule has 0 aliphatic carbocycles. The Morgan fingerprint density at radius 1 is 1.15 bits per heavy atom. The summed E-state index contributed by atoms with van der Waals surface area (Å²) in [6.45, 7) is 0. The SMILES string of the molecule is Oc1c(F)ncc2c(F)cccc12. The molecule has 0 saturated heterocycles. The summed E-state index contributed by atoms with van der Waals surface area (Å²) in [5, 5.41) is 9.42. The number of hydrogen-bond acceptors (Lipinski definition) is 2. The zero-order valence-electron chi connectivity index (χ0n) is 6.46. The molecule has 0 spiro atoms. The summed E-state index contributed by atoms with van der Waals surface area (Å²) in [5.41, 5.74) is 0. The average Bonchev–Trinajstić information content (AvgIpc) is 2.12. The summed E-state index contributed by atoms with van der Waals surface area (Å²) in [7, 11) is 0. The van der Waals surface area contributed by atoms with E-state index in [0.717, 1.165) is 6.20 Å². The minimum absolute atomic E-state index is 0.112. The highest BCUT2D eigenvalue weighted by Crippen LogP contribution is 2.26. The van der Waals surface area contributed by atoms with Crippen molar-refractivity contribution >= 4 is 10.8 Å². The molecular formula is C9H5F2NO. The second-order valence-corrected chi connectivity index (χ2v) is 2.60. The van der Waals surface area contributed by atoms with Crippen LogP contribution in [0.1, 0.15) is 0 Å². The summed E-state index contributed by atoms with van der Waals surface area (Å²) in [6, 6.07) is 4.05. The molecule has 0 unspecified atom stereocenters. The van der Waals surface area contributed by atoms with Crippen molar-refractivity contribution in [1.29, 1.82) is 0 Å². The molecule has 2 nitrogen and oxygen atoms in total. The molecule has 0 aliphatic heterocycles. The Hall–Kier alpha value is -1.71. The first-order valence-corrected chi connectivity index (χ1v) is 3.62. The number of aromatic hydroxyl groups is 1. The standard InChI is InChI=1S/C9H5F2NO/c10-7-3-1-2-5-6(7)4-12-9(11)8(5)13/h1-4,13H. The molecule has 66 valence electrons. The van der Waals surface area contributed by atoms with Crippen LogP contribution in [0.4, 0.5) is 8.78 Å². The van der Waals surface area contributed by atoms with Crippen LogP contribution in [0.15, 0.2) is 24.4 Å². The van der Waals surface area contributed by atoms with E-state index >= 15 is 0 Å². The predicted octanol–water partition coefficient (Wildman–Crippen LogP) is 2.22. The zero-order chi connectivity index (χ0) is 9.42. The largest absolute Gasteiger partial charge is 0.503 e. The van der Waals surface area contributed by atoms with Crippen LogP contribution in [0, 0.1) is 11.8 Å². The summed E-state index contributed by atoms with van der Waals surface area (Å²) >= 11 is 0. The van der Waals surface area contributed by atoms with E-state index in [0.29, 0.717) is 0 Å². The lowest BCUT2D eigenvalue weighted by atomic mass is 10.1. The quantitative estimate of drug-likeness (QED) is 0.632. The fourth-order valence-corrected chi connectivity index (χ4v) is 1.17. The number of fused-ring (bicyclic) bond motifs is 1. The van der Waals surface area contributed by atoms with Crippen LogP contribution in [0.3, 0.4) is 0 Å². The van der Waals surface area contributed by atoms with E-state index < -0.39 is 17.5 Å². The molecule has 1 aromatic carbocycles. The van der Waals surface area contributed by atoms with E-state index in [9.17, 15) is 13.9 Å². The van der Waals surface area contributed by atoms with E-state index in [1.807, 2.05) is 0 Å². The number of rotatable bonds is 0. The Morgan fingerprint density at radius 3 is 2.69 bits per heavy atom. The summed E-state index contributed by atoms with van der Waals surface area (Å²) in [4.78, 5) is 3.21. The highest BCUT2D eigenvalue weighted by atomic mass is 19.1. The van der Waals surface area contributed by atoms with Crippen molar-refractivity contribution in [3.8, 4) is 5.75 Å². The number of halogens is 2. The van der Waals surface area contributed by atoms with Gasteiger partial charge < -0.3 is 5.11 Å². The van der Waals surface area contributed by atoms with Crippen molar-refractivity contribution < 1.29 is 13.9 Å². The van der Waals surface area contributed by atoms with Gasteiger partial charge in [-0.05, 0) is 6.07 Å².